The van der Waals surface area contributed by atoms with Crippen molar-refractivity contribution in [3.8, 4) is 0 Å². The lowest BCUT2D eigenvalue weighted by atomic mass is 10.2. The van der Waals surface area contributed by atoms with Crippen LogP contribution in [-0.2, 0) is 9.53 Å². The molecule has 0 atom stereocenters. The molecule has 0 saturated carbocycles. The Labute approximate surface area is 207 Å². The molecule has 1 aliphatic rings. The predicted octanol–water partition coefficient (Wildman–Crippen LogP) is 5.22. The molecule has 9 heteroatoms. The molecule has 3 aromatic carbocycles. The molecule has 3 N–H and O–H groups in total. The molecule has 1 fully saturated rings. The highest BCUT2D eigenvalue weighted by atomic mass is 19.1. The molecule has 1 aliphatic heterocycles. The standard InChI is InChI=1S/C27H25FN6O2/c1-2-25(35)29-20-4-3-5-21(17-20)30-26-23-16-18(28)6-11-24(23)32-27(33-26)31-19-7-9-22(10-8-19)34-12-14-36-15-13-34/h2-11,16-17H,1,12-15H2,(H,29,35)(H2,30,31,32,33). The topological polar surface area (TPSA) is 91.4 Å². The van der Waals surface area contributed by atoms with Crippen LogP contribution in [-0.4, -0.2) is 42.2 Å². The number of fused-ring (bicyclic) bond motifs is 1. The van der Waals surface area contributed by atoms with E-state index in [4.69, 9.17) is 4.74 Å². The Bertz CT molecular complexity index is 1400. The molecule has 0 bridgehead atoms. The van der Waals surface area contributed by atoms with E-state index in [9.17, 15) is 9.18 Å². The van der Waals surface area contributed by atoms with Gasteiger partial charge < -0.3 is 25.6 Å². The first-order chi connectivity index (χ1) is 17.6. The van der Waals surface area contributed by atoms with E-state index >= 15 is 0 Å². The average molecular weight is 485 g/mol. The van der Waals surface area contributed by atoms with Crippen molar-refractivity contribution in [2.75, 3.05) is 47.2 Å². The second-order valence-corrected chi connectivity index (χ2v) is 8.23. The lowest BCUT2D eigenvalue weighted by Crippen LogP contribution is -2.36. The summed E-state index contributed by atoms with van der Waals surface area (Å²) in [5.74, 6) is 0.0966. The van der Waals surface area contributed by atoms with Crippen LogP contribution in [0.15, 0.2) is 79.4 Å². The van der Waals surface area contributed by atoms with Gasteiger partial charge in [-0.25, -0.2) is 9.37 Å². The van der Waals surface area contributed by atoms with Crippen LogP contribution in [0.5, 0.6) is 0 Å². The minimum atomic E-state index is -0.388. The van der Waals surface area contributed by atoms with Crippen LogP contribution >= 0.6 is 0 Å². The van der Waals surface area contributed by atoms with Gasteiger partial charge in [-0.1, -0.05) is 12.6 Å². The Balaban J connectivity index is 1.42. The molecule has 0 unspecified atom stereocenters. The van der Waals surface area contributed by atoms with Crippen LogP contribution < -0.4 is 20.9 Å². The van der Waals surface area contributed by atoms with E-state index in [0.29, 0.717) is 34.0 Å². The maximum absolute atomic E-state index is 14.1. The van der Waals surface area contributed by atoms with Crippen molar-refractivity contribution in [2.45, 2.75) is 0 Å². The van der Waals surface area contributed by atoms with Crippen LogP contribution in [0.1, 0.15) is 0 Å². The summed E-state index contributed by atoms with van der Waals surface area (Å²) in [5.41, 5.74) is 3.80. The molecule has 4 aromatic rings. The predicted molar refractivity (Wildman–Crippen MR) is 141 cm³/mol. The molecular formula is C27H25FN6O2. The largest absolute Gasteiger partial charge is 0.378 e. The molecule has 36 heavy (non-hydrogen) atoms. The molecule has 1 amide bonds. The van der Waals surface area contributed by atoms with E-state index in [1.807, 2.05) is 30.3 Å². The van der Waals surface area contributed by atoms with Gasteiger partial charge in [0.2, 0.25) is 11.9 Å². The summed E-state index contributed by atoms with van der Waals surface area (Å²) in [7, 11) is 0. The van der Waals surface area contributed by atoms with Crippen molar-refractivity contribution >= 4 is 51.3 Å². The number of hydrogen-bond acceptors (Lipinski definition) is 7. The van der Waals surface area contributed by atoms with Crippen LogP contribution in [0.3, 0.4) is 0 Å². The molecule has 0 aliphatic carbocycles. The summed E-state index contributed by atoms with van der Waals surface area (Å²) in [6.45, 7) is 6.65. The number of nitrogens with one attached hydrogen (secondary N) is 3. The highest BCUT2D eigenvalue weighted by Crippen LogP contribution is 2.29. The summed E-state index contributed by atoms with van der Waals surface area (Å²) >= 11 is 0. The molecule has 0 spiro atoms. The molecule has 1 saturated heterocycles. The first kappa shape index (κ1) is 23.3. The normalized spacial score (nSPS) is 13.3. The first-order valence-electron chi connectivity index (χ1n) is 11.5. The summed E-state index contributed by atoms with van der Waals surface area (Å²) in [6, 6.07) is 19.6. The number of nitrogens with zero attached hydrogens (tertiary/aromatic N) is 3. The number of aromatic nitrogens is 2. The van der Waals surface area contributed by atoms with Gasteiger partial charge in [0.25, 0.3) is 0 Å². The van der Waals surface area contributed by atoms with Crippen LogP contribution in [0.2, 0.25) is 0 Å². The number of amides is 1. The van der Waals surface area contributed by atoms with Crippen molar-refractivity contribution in [1.82, 2.24) is 9.97 Å². The fourth-order valence-electron chi connectivity index (χ4n) is 3.96. The Morgan fingerprint density at radius 1 is 0.944 bits per heavy atom. The zero-order valence-electron chi connectivity index (χ0n) is 19.5. The second kappa shape index (κ2) is 10.4. The van der Waals surface area contributed by atoms with Crippen molar-refractivity contribution in [1.29, 1.82) is 0 Å². The maximum Gasteiger partial charge on any atom is 0.247 e. The highest BCUT2D eigenvalue weighted by molar-refractivity contribution is 5.99. The van der Waals surface area contributed by atoms with Crippen LogP contribution in [0.25, 0.3) is 10.9 Å². The zero-order chi connectivity index (χ0) is 24.9. The number of carbonyl (C=O) groups excluding carboxylic acids is 1. The van der Waals surface area contributed by atoms with Crippen molar-refractivity contribution < 1.29 is 13.9 Å². The Hall–Kier alpha value is -4.50. The smallest absolute Gasteiger partial charge is 0.247 e. The first-order valence-corrected chi connectivity index (χ1v) is 11.5. The average Bonchev–Trinajstić information content (AvgIpc) is 2.90. The SMILES string of the molecule is C=CC(=O)Nc1cccc(Nc2nc(Nc3ccc(N4CCOCC4)cc3)nc3ccc(F)cc23)c1. The van der Waals surface area contributed by atoms with Gasteiger partial charge in [0.05, 0.1) is 18.7 Å². The monoisotopic (exact) mass is 484 g/mol. The number of carbonyl (C=O) groups is 1. The van der Waals surface area contributed by atoms with Gasteiger partial charge in [-0.15, -0.1) is 0 Å². The van der Waals surface area contributed by atoms with Gasteiger partial charge >= 0.3 is 0 Å². The van der Waals surface area contributed by atoms with Gasteiger partial charge in [0.1, 0.15) is 11.6 Å². The quantitative estimate of drug-likeness (QED) is 0.310. The number of rotatable bonds is 7. The summed E-state index contributed by atoms with van der Waals surface area (Å²) < 4.78 is 19.5. The van der Waals surface area contributed by atoms with Crippen LogP contribution in [0, 0.1) is 5.82 Å². The third kappa shape index (κ3) is 5.42. The lowest BCUT2D eigenvalue weighted by Gasteiger charge is -2.28. The summed E-state index contributed by atoms with van der Waals surface area (Å²) in [5, 5.41) is 9.73. The van der Waals surface area contributed by atoms with Gasteiger partial charge in [-0.3, -0.25) is 4.79 Å². The lowest BCUT2D eigenvalue weighted by molar-refractivity contribution is -0.111. The Morgan fingerprint density at radius 3 is 2.50 bits per heavy atom. The van der Waals surface area contributed by atoms with E-state index in [0.717, 1.165) is 37.7 Å². The summed E-state index contributed by atoms with van der Waals surface area (Å²) in [4.78, 5) is 23.1. The summed E-state index contributed by atoms with van der Waals surface area (Å²) in [6.07, 6.45) is 1.20. The van der Waals surface area contributed by atoms with Crippen molar-refractivity contribution in [2.24, 2.45) is 0 Å². The van der Waals surface area contributed by atoms with Crippen LogP contribution in [0.4, 0.5) is 38.9 Å². The minimum Gasteiger partial charge on any atom is -0.378 e. The van der Waals surface area contributed by atoms with Gasteiger partial charge in [0, 0.05) is 41.2 Å². The van der Waals surface area contributed by atoms with E-state index < -0.39 is 0 Å². The van der Waals surface area contributed by atoms with E-state index in [1.54, 1.807) is 24.3 Å². The molecule has 1 aromatic heterocycles. The molecule has 5 rings (SSSR count). The van der Waals surface area contributed by atoms with Crippen molar-refractivity contribution in [3.05, 3.63) is 85.2 Å². The third-order valence-electron chi connectivity index (χ3n) is 5.74. The van der Waals surface area contributed by atoms with Crippen molar-refractivity contribution in [3.63, 3.8) is 0 Å². The number of morpholine rings is 1. The van der Waals surface area contributed by atoms with E-state index in [2.05, 4.69) is 37.4 Å². The zero-order valence-corrected chi connectivity index (χ0v) is 19.5. The molecule has 182 valence electrons. The second-order valence-electron chi connectivity index (χ2n) is 8.23. The van der Waals surface area contributed by atoms with Gasteiger partial charge in [0.15, 0.2) is 0 Å². The third-order valence-corrected chi connectivity index (χ3v) is 5.74. The fraction of sp³-hybridized carbons (Fsp3) is 0.148. The maximum atomic E-state index is 14.1. The number of hydrogen-bond donors (Lipinski definition) is 3. The fourth-order valence-corrected chi connectivity index (χ4v) is 3.96. The Kier molecular flexibility index (Phi) is 6.72. The molecule has 2 heterocycles. The number of anilines is 6. The van der Waals surface area contributed by atoms with E-state index in [-0.39, 0.29) is 11.7 Å². The minimum absolute atomic E-state index is 0.312. The molecule has 0 radical (unpaired) electrons. The molecular weight excluding hydrogens is 459 g/mol. The van der Waals surface area contributed by atoms with E-state index in [1.165, 1.54) is 18.2 Å². The Morgan fingerprint density at radius 2 is 1.72 bits per heavy atom. The highest BCUT2D eigenvalue weighted by Gasteiger charge is 2.13. The number of benzene rings is 3. The molecule has 8 nitrogen and oxygen atoms in total. The van der Waals surface area contributed by atoms with Gasteiger partial charge in [-0.2, -0.15) is 4.98 Å². The van der Waals surface area contributed by atoms with Gasteiger partial charge in [-0.05, 0) is 66.7 Å². The number of halogens is 1. The number of ether oxygens (including phenoxy) is 1.